The highest BCUT2D eigenvalue weighted by molar-refractivity contribution is 5.98. The van der Waals surface area contributed by atoms with Gasteiger partial charge in [0.1, 0.15) is 5.82 Å². The first-order chi connectivity index (χ1) is 8.91. The number of aliphatic hydroxyl groups excluding tert-OH is 1. The van der Waals surface area contributed by atoms with E-state index in [4.69, 9.17) is 0 Å². The predicted octanol–water partition coefficient (Wildman–Crippen LogP) is 1.65. The molecule has 5 nitrogen and oxygen atoms in total. The van der Waals surface area contributed by atoms with Gasteiger partial charge in [0.05, 0.1) is 11.7 Å². The number of aliphatic hydroxyl groups is 1. The minimum atomic E-state index is -0.540. The first kappa shape index (κ1) is 15.4. The third-order valence-electron chi connectivity index (χ3n) is 2.72. The number of nitrogens with zero attached hydrogens (tertiary/aromatic N) is 1. The molecule has 0 aliphatic rings. The Labute approximate surface area is 114 Å². The number of nitrogens with one attached hydrogen (secondary N) is 2. The third-order valence-corrected chi connectivity index (χ3v) is 2.72. The zero-order valence-electron chi connectivity index (χ0n) is 12.0. The summed E-state index contributed by atoms with van der Waals surface area (Å²) in [5.74, 6) is 0.451. The fraction of sp³-hybridized carbons (Fsp3) is 0.571. The van der Waals surface area contributed by atoms with Gasteiger partial charge in [0.2, 0.25) is 0 Å². The number of carbonyl (C=O) groups excluding carboxylic acids is 1. The Hall–Kier alpha value is -1.62. The van der Waals surface area contributed by atoms with Crippen molar-refractivity contribution in [3.63, 3.8) is 0 Å². The van der Waals surface area contributed by atoms with E-state index in [1.165, 1.54) is 0 Å². The van der Waals surface area contributed by atoms with Gasteiger partial charge in [-0.3, -0.25) is 4.79 Å². The fourth-order valence-electron chi connectivity index (χ4n) is 1.51. The average Bonchev–Trinajstić information content (AvgIpc) is 2.35. The molecule has 5 heteroatoms. The molecular weight excluding hydrogens is 242 g/mol. The first-order valence-corrected chi connectivity index (χ1v) is 6.59. The summed E-state index contributed by atoms with van der Waals surface area (Å²) in [6.45, 7) is 8.03. The molecule has 1 unspecified atom stereocenters. The van der Waals surface area contributed by atoms with Crippen LogP contribution in [0, 0.1) is 5.92 Å². The molecule has 0 aliphatic carbocycles. The Kier molecular flexibility index (Phi) is 5.76. The van der Waals surface area contributed by atoms with Gasteiger partial charge in [-0.1, -0.05) is 13.8 Å². The Morgan fingerprint density at radius 3 is 2.63 bits per heavy atom. The molecule has 106 valence electrons. The lowest BCUT2D eigenvalue weighted by molar-refractivity contribution is 0.0872. The summed E-state index contributed by atoms with van der Waals surface area (Å²) in [6.07, 6.45) is 1.10. The standard InChI is InChI=1S/C14H23N3O2/c1-9(2)12(18)8-16-14(19)11-6-5-7-15-13(11)17-10(3)4/h5-7,9-10,12,18H,8H2,1-4H3,(H,15,17)(H,16,19). The van der Waals surface area contributed by atoms with Crippen molar-refractivity contribution in [3.8, 4) is 0 Å². The molecule has 1 aromatic rings. The second-order valence-electron chi connectivity index (χ2n) is 5.22. The van der Waals surface area contributed by atoms with Crippen LogP contribution in [0.1, 0.15) is 38.1 Å². The zero-order chi connectivity index (χ0) is 14.4. The maximum Gasteiger partial charge on any atom is 0.255 e. The number of pyridine rings is 1. The van der Waals surface area contributed by atoms with Crippen LogP contribution in [-0.4, -0.2) is 34.7 Å². The van der Waals surface area contributed by atoms with Crippen LogP contribution in [0.25, 0.3) is 0 Å². The van der Waals surface area contributed by atoms with E-state index in [0.717, 1.165) is 0 Å². The second kappa shape index (κ2) is 7.09. The van der Waals surface area contributed by atoms with Crippen LogP contribution in [0.2, 0.25) is 0 Å². The number of hydrogen-bond acceptors (Lipinski definition) is 4. The van der Waals surface area contributed by atoms with Crippen LogP contribution in [-0.2, 0) is 0 Å². The molecule has 0 aliphatic heterocycles. The first-order valence-electron chi connectivity index (χ1n) is 6.59. The van der Waals surface area contributed by atoms with Crippen molar-refractivity contribution < 1.29 is 9.90 Å². The fourth-order valence-corrected chi connectivity index (χ4v) is 1.51. The number of aromatic nitrogens is 1. The Morgan fingerprint density at radius 1 is 1.37 bits per heavy atom. The van der Waals surface area contributed by atoms with Gasteiger partial charge < -0.3 is 15.7 Å². The topological polar surface area (TPSA) is 74.2 Å². The molecule has 1 rings (SSSR count). The SMILES string of the molecule is CC(C)Nc1ncccc1C(=O)NCC(O)C(C)C. The molecule has 0 saturated carbocycles. The summed E-state index contributed by atoms with van der Waals surface area (Å²) < 4.78 is 0. The van der Waals surface area contributed by atoms with E-state index in [1.807, 2.05) is 27.7 Å². The summed E-state index contributed by atoms with van der Waals surface area (Å²) in [4.78, 5) is 16.2. The van der Waals surface area contributed by atoms with E-state index < -0.39 is 6.10 Å². The third kappa shape index (κ3) is 4.87. The van der Waals surface area contributed by atoms with Crippen molar-refractivity contribution in [2.75, 3.05) is 11.9 Å². The largest absolute Gasteiger partial charge is 0.391 e. The molecule has 0 saturated heterocycles. The minimum Gasteiger partial charge on any atom is -0.391 e. The Morgan fingerprint density at radius 2 is 2.05 bits per heavy atom. The average molecular weight is 265 g/mol. The van der Waals surface area contributed by atoms with Gasteiger partial charge in [0, 0.05) is 18.8 Å². The zero-order valence-corrected chi connectivity index (χ0v) is 12.0. The molecule has 1 heterocycles. The van der Waals surface area contributed by atoms with Crippen LogP contribution in [0.3, 0.4) is 0 Å². The van der Waals surface area contributed by atoms with Crippen LogP contribution < -0.4 is 10.6 Å². The molecule has 1 aromatic heterocycles. The van der Waals surface area contributed by atoms with Crippen LogP contribution >= 0.6 is 0 Å². The highest BCUT2D eigenvalue weighted by atomic mass is 16.3. The van der Waals surface area contributed by atoms with E-state index in [-0.39, 0.29) is 24.4 Å². The van der Waals surface area contributed by atoms with E-state index in [9.17, 15) is 9.90 Å². The van der Waals surface area contributed by atoms with Crippen molar-refractivity contribution in [2.24, 2.45) is 5.92 Å². The molecule has 19 heavy (non-hydrogen) atoms. The Balaban J connectivity index is 2.71. The van der Waals surface area contributed by atoms with Crippen molar-refractivity contribution in [2.45, 2.75) is 39.8 Å². The molecule has 0 aromatic carbocycles. The smallest absolute Gasteiger partial charge is 0.255 e. The van der Waals surface area contributed by atoms with Crippen LogP contribution in [0.15, 0.2) is 18.3 Å². The van der Waals surface area contributed by atoms with Crippen molar-refractivity contribution >= 4 is 11.7 Å². The number of rotatable bonds is 6. The monoisotopic (exact) mass is 265 g/mol. The van der Waals surface area contributed by atoms with Crippen LogP contribution in [0.4, 0.5) is 5.82 Å². The molecular formula is C14H23N3O2. The lowest BCUT2D eigenvalue weighted by atomic mass is 10.1. The van der Waals surface area contributed by atoms with Gasteiger partial charge in [0.25, 0.3) is 5.91 Å². The summed E-state index contributed by atoms with van der Waals surface area (Å²) in [7, 11) is 0. The molecule has 1 atom stereocenters. The molecule has 0 spiro atoms. The molecule has 1 amide bonds. The number of amides is 1. The van der Waals surface area contributed by atoms with Gasteiger partial charge in [-0.2, -0.15) is 0 Å². The molecule has 0 fully saturated rings. The van der Waals surface area contributed by atoms with E-state index in [2.05, 4.69) is 15.6 Å². The second-order valence-corrected chi connectivity index (χ2v) is 5.22. The van der Waals surface area contributed by atoms with E-state index in [1.54, 1.807) is 18.3 Å². The summed E-state index contributed by atoms with van der Waals surface area (Å²) in [5.41, 5.74) is 0.493. The predicted molar refractivity (Wildman–Crippen MR) is 76.2 cm³/mol. The molecule has 0 bridgehead atoms. The highest BCUT2D eigenvalue weighted by Gasteiger charge is 2.15. The lowest BCUT2D eigenvalue weighted by Crippen LogP contribution is -2.35. The lowest BCUT2D eigenvalue weighted by Gasteiger charge is -2.16. The van der Waals surface area contributed by atoms with Crippen molar-refractivity contribution in [3.05, 3.63) is 23.9 Å². The van der Waals surface area contributed by atoms with Gasteiger partial charge in [-0.15, -0.1) is 0 Å². The highest BCUT2D eigenvalue weighted by Crippen LogP contribution is 2.12. The minimum absolute atomic E-state index is 0.113. The van der Waals surface area contributed by atoms with Crippen LogP contribution in [0.5, 0.6) is 0 Å². The Bertz CT molecular complexity index is 419. The van der Waals surface area contributed by atoms with Gasteiger partial charge in [-0.25, -0.2) is 4.98 Å². The quantitative estimate of drug-likeness (QED) is 0.731. The number of carbonyl (C=O) groups is 1. The molecule has 3 N–H and O–H groups in total. The summed E-state index contributed by atoms with van der Waals surface area (Å²) in [6, 6.07) is 3.64. The van der Waals surface area contributed by atoms with Crippen molar-refractivity contribution in [1.29, 1.82) is 0 Å². The van der Waals surface area contributed by atoms with Gasteiger partial charge in [0.15, 0.2) is 0 Å². The van der Waals surface area contributed by atoms with E-state index in [0.29, 0.717) is 11.4 Å². The number of anilines is 1. The summed E-state index contributed by atoms with van der Waals surface area (Å²) in [5, 5.41) is 15.5. The van der Waals surface area contributed by atoms with E-state index >= 15 is 0 Å². The van der Waals surface area contributed by atoms with Gasteiger partial charge >= 0.3 is 0 Å². The maximum atomic E-state index is 12.1. The maximum absolute atomic E-state index is 12.1. The molecule has 0 radical (unpaired) electrons. The van der Waals surface area contributed by atoms with Gasteiger partial charge in [-0.05, 0) is 31.9 Å². The summed E-state index contributed by atoms with van der Waals surface area (Å²) >= 11 is 0. The van der Waals surface area contributed by atoms with Crippen molar-refractivity contribution in [1.82, 2.24) is 10.3 Å². The number of hydrogen-bond donors (Lipinski definition) is 3. The normalized spacial score (nSPS) is 12.6.